The minimum absolute atomic E-state index is 0.308. The molecular formula is C22H25NO6. The molecule has 0 bridgehead atoms. The van der Waals surface area contributed by atoms with Crippen LogP contribution in [0.1, 0.15) is 36.5 Å². The zero-order valence-electron chi connectivity index (χ0n) is 16.3. The van der Waals surface area contributed by atoms with Crippen LogP contribution in [0.4, 0.5) is 0 Å². The monoisotopic (exact) mass is 399 g/mol. The maximum absolute atomic E-state index is 12.6. The number of para-hydroxylation sites is 1. The van der Waals surface area contributed by atoms with Gasteiger partial charge in [0.25, 0.3) is 5.91 Å². The van der Waals surface area contributed by atoms with Crippen LogP contribution in [0, 0.1) is 0 Å². The molecule has 7 nitrogen and oxygen atoms in total. The topological polar surface area (TPSA) is 94.1 Å². The van der Waals surface area contributed by atoms with E-state index in [4.69, 9.17) is 14.2 Å². The quantitative estimate of drug-likeness (QED) is 0.596. The van der Waals surface area contributed by atoms with Crippen molar-refractivity contribution in [1.29, 1.82) is 0 Å². The molecule has 7 heteroatoms. The predicted molar refractivity (Wildman–Crippen MR) is 107 cm³/mol. The van der Waals surface area contributed by atoms with Crippen LogP contribution in [0.3, 0.4) is 0 Å². The van der Waals surface area contributed by atoms with Crippen LogP contribution in [-0.4, -0.2) is 42.3 Å². The molecule has 0 aromatic heterocycles. The highest BCUT2D eigenvalue weighted by Gasteiger charge is 2.45. The molecule has 3 rings (SSSR count). The lowest BCUT2D eigenvalue weighted by molar-refractivity contribution is -0.148. The van der Waals surface area contributed by atoms with Crippen LogP contribution in [-0.2, 0) is 4.79 Å². The summed E-state index contributed by atoms with van der Waals surface area (Å²) in [5.74, 6) is 0.249. The summed E-state index contributed by atoms with van der Waals surface area (Å²) in [6.07, 6.45) is 1.67. The molecule has 1 aliphatic carbocycles. The van der Waals surface area contributed by atoms with Crippen molar-refractivity contribution in [3.05, 3.63) is 54.1 Å². The minimum Gasteiger partial charge on any atom is -0.490 e. The summed E-state index contributed by atoms with van der Waals surface area (Å²) in [6, 6.07) is 14.3. The van der Waals surface area contributed by atoms with Crippen molar-refractivity contribution < 1.29 is 28.9 Å². The Labute approximate surface area is 169 Å². The molecule has 29 heavy (non-hydrogen) atoms. The van der Waals surface area contributed by atoms with Crippen molar-refractivity contribution in [1.82, 2.24) is 5.32 Å². The molecule has 2 aromatic carbocycles. The lowest BCUT2D eigenvalue weighted by Crippen LogP contribution is -2.59. The van der Waals surface area contributed by atoms with Crippen LogP contribution in [0.25, 0.3) is 0 Å². The maximum Gasteiger partial charge on any atom is 0.329 e. The minimum atomic E-state index is -1.16. The van der Waals surface area contributed by atoms with Crippen LogP contribution in [0.5, 0.6) is 17.2 Å². The Balaban J connectivity index is 1.61. The van der Waals surface area contributed by atoms with E-state index in [1.807, 2.05) is 37.3 Å². The van der Waals surface area contributed by atoms with Gasteiger partial charge >= 0.3 is 5.97 Å². The summed E-state index contributed by atoms with van der Waals surface area (Å²) < 4.78 is 16.9. The first-order valence-corrected chi connectivity index (χ1v) is 9.67. The second kappa shape index (κ2) is 9.32. The van der Waals surface area contributed by atoms with Crippen LogP contribution in [0.15, 0.2) is 48.5 Å². The predicted octanol–water partition coefficient (Wildman–Crippen LogP) is 3.28. The van der Waals surface area contributed by atoms with E-state index in [0.717, 1.165) is 12.2 Å². The molecular weight excluding hydrogens is 374 g/mol. The summed E-state index contributed by atoms with van der Waals surface area (Å²) in [7, 11) is 0. The number of rotatable bonds is 10. The lowest BCUT2D eigenvalue weighted by atomic mass is 9.76. The Morgan fingerprint density at radius 3 is 2.34 bits per heavy atom. The van der Waals surface area contributed by atoms with Gasteiger partial charge in [-0.1, -0.05) is 18.2 Å². The van der Waals surface area contributed by atoms with E-state index >= 15 is 0 Å². The molecule has 0 heterocycles. The van der Waals surface area contributed by atoms with Gasteiger partial charge in [0.05, 0.1) is 6.61 Å². The molecule has 0 spiro atoms. The molecule has 0 atom stereocenters. The van der Waals surface area contributed by atoms with Gasteiger partial charge in [-0.2, -0.15) is 0 Å². The molecule has 2 aromatic rings. The second-order valence-electron chi connectivity index (χ2n) is 6.80. The number of hydrogen-bond acceptors (Lipinski definition) is 5. The van der Waals surface area contributed by atoms with E-state index in [1.165, 1.54) is 0 Å². The average molecular weight is 399 g/mol. The third-order valence-electron chi connectivity index (χ3n) is 4.83. The van der Waals surface area contributed by atoms with Crippen molar-refractivity contribution in [3.8, 4) is 17.2 Å². The molecule has 1 amide bonds. The summed E-state index contributed by atoms with van der Waals surface area (Å²) in [5, 5.41) is 12.0. The molecule has 1 saturated carbocycles. The number of nitrogens with one attached hydrogen (secondary N) is 1. The zero-order valence-corrected chi connectivity index (χ0v) is 16.3. The third kappa shape index (κ3) is 4.99. The van der Waals surface area contributed by atoms with Crippen molar-refractivity contribution in [2.75, 3.05) is 19.8 Å². The largest absolute Gasteiger partial charge is 0.490 e. The highest BCUT2D eigenvalue weighted by atomic mass is 16.5. The van der Waals surface area contributed by atoms with Gasteiger partial charge in [-0.25, -0.2) is 4.79 Å². The van der Waals surface area contributed by atoms with Crippen LogP contribution in [0.2, 0.25) is 0 Å². The van der Waals surface area contributed by atoms with Crippen LogP contribution < -0.4 is 19.5 Å². The fourth-order valence-corrected chi connectivity index (χ4v) is 3.08. The normalized spacial score (nSPS) is 14.4. The number of ether oxygens (including phenoxy) is 3. The Morgan fingerprint density at radius 2 is 1.72 bits per heavy atom. The second-order valence-corrected chi connectivity index (χ2v) is 6.80. The lowest BCUT2D eigenvalue weighted by Gasteiger charge is -2.38. The van der Waals surface area contributed by atoms with Crippen molar-refractivity contribution >= 4 is 11.9 Å². The SMILES string of the molecule is CCOc1cc(C(=O)NC2(C(=O)O)CCC2)ccc1OCCOc1ccccc1. The Bertz CT molecular complexity index is 848. The summed E-state index contributed by atoms with van der Waals surface area (Å²) in [4.78, 5) is 24.0. The fraction of sp³-hybridized carbons (Fsp3) is 0.364. The number of carboxylic acids is 1. The van der Waals surface area contributed by atoms with Gasteiger partial charge in [-0.3, -0.25) is 4.79 Å². The number of hydrogen-bond donors (Lipinski definition) is 2. The highest BCUT2D eigenvalue weighted by molar-refractivity contribution is 5.98. The van der Waals surface area contributed by atoms with E-state index in [9.17, 15) is 14.7 Å². The molecule has 0 aliphatic heterocycles. The van der Waals surface area contributed by atoms with Gasteiger partial charge in [0.15, 0.2) is 11.5 Å². The molecule has 1 aliphatic rings. The number of carbonyl (C=O) groups excluding carboxylic acids is 1. The molecule has 1 fully saturated rings. The van der Waals surface area contributed by atoms with Crippen molar-refractivity contribution in [3.63, 3.8) is 0 Å². The van der Waals surface area contributed by atoms with E-state index < -0.39 is 17.4 Å². The van der Waals surface area contributed by atoms with E-state index in [2.05, 4.69) is 5.32 Å². The molecule has 154 valence electrons. The van der Waals surface area contributed by atoms with Gasteiger partial charge in [-0.15, -0.1) is 0 Å². The molecule has 2 N–H and O–H groups in total. The van der Waals surface area contributed by atoms with Crippen LogP contribution >= 0.6 is 0 Å². The Morgan fingerprint density at radius 1 is 1.00 bits per heavy atom. The first kappa shape index (κ1) is 20.5. The van der Waals surface area contributed by atoms with Gasteiger partial charge in [0.2, 0.25) is 0 Å². The number of aliphatic carboxylic acids is 1. The Hall–Kier alpha value is -3.22. The van der Waals surface area contributed by atoms with Crippen molar-refractivity contribution in [2.45, 2.75) is 31.7 Å². The zero-order chi connectivity index (χ0) is 20.7. The van der Waals surface area contributed by atoms with Gasteiger partial charge in [-0.05, 0) is 56.5 Å². The summed E-state index contributed by atoms with van der Waals surface area (Å²) in [6.45, 7) is 2.91. The number of amides is 1. The summed E-state index contributed by atoms with van der Waals surface area (Å²) >= 11 is 0. The smallest absolute Gasteiger partial charge is 0.329 e. The van der Waals surface area contributed by atoms with Gasteiger partial charge in [0.1, 0.15) is 24.5 Å². The standard InChI is InChI=1S/C22H25NO6/c1-2-27-19-15-16(20(24)23-22(21(25)26)11-6-12-22)9-10-18(19)29-14-13-28-17-7-4-3-5-8-17/h3-5,7-10,15H,2,6,11-14H2,1H3,(H,23,24)(H,25,26). The first-order chi connectivity index (χ1) is 14.0. The van der Waals surface area contributed by atoms with E-state index in [-0.39, 0.29) is 0 Å². The van der Waals surface area contributed by atoms with E-state index in [1.54, 1.807) is 18.2 Å². The fourth-order valence-electron chi connectivity index (χ4n) is 3.08. The van der Waals surface area contributed by atoms with Gasteiger partial charge < -0.3 is 24.6 Å². The molecule has 0 radical (unpaired) electrons. The van der Waals surface area contributed by atoms with E-state index in [0.29, 0.717) is 49.7 Å². The number of benzene rings is 2. The third-order valence-corrected chi connectivity index (χ3v) is 4.83. The average Bonchev–Trinajstić information content (AvgIpc) is 2.69. The molecule has 0 saturated heterocycles. The number of carbonyl (C=O) groups is 2. The maximum atomic E-state index is 12.6. The number of carboxylic acid groups (broad SMARTS) is 1. The molecule has 0 unspecified atom stereocenters. The summed E-state index contributed by atoms with van der Waals surface area (Å²) in [5.41, 5.74) is -0.832. The highest BCUT2D eigenvalue weighted by Crippen LogP contribution is 2.33. The van der Waals surface area contributed by atoms with Crippen molar-refractivity contribution in [2.24, 2.45) is 0 Å². The first-order valence-electron chi connectivity index (χ1n) is 9.67. The van der Waals surface area contributed by atoms with Gasteiger partial charge in [0, 0.05) is 5.56 Å². The Kier molecular flexibility index (Phi) is 6.59.